The topological polar surface area (TPSA) is 26.0 Å². The van der Waals surface area contributed by atoms with Gasteiger partial charge in [0, 0.05) is 16.7 Å². The Hall–Kier alpha value is -0.960. The maximum Gasteiger partial charge on any atom is 0.0541 e. The molecule has 0 amide bonds. The first-order chi connectivity index (χ1) is 9.25. The van der Waals surface area contributed by atoms with Gasteiger partial charge >= 0.3 is 0 Å². The Morgan fingerprint density at radius 2 is 1.68 bits per heavy atom. The van der Waals surface area contributed by atoms with E-state index < -0.39 is 0 Å². The van der Waals surface area contributed by atoms with Crippen LogP contribution in [0.5, 0.6) is 0 Å². The molecule has 0 aliphatic rings. The summed E-state index contributed by atoms with van der Waals surface area (Å²) in [5.74, 6) is 0.899. The zero-order valence-electron chi connectivity index (χ0n) is 10.8. The van der Waals surface area contributed by atoms with E-state index in [4.69, 9.17) is 17.3 Å². The minimum atomic E-state index is 0.196. The van der Waals surface area contributed by atoms with E-state index in [1.165, 1.54) is 5.56 Å². The summed E-state index contributed by atoms with van der Waals surface area (Å²) < 4.78 is 0. The molecule has 2 aromatic rings. The van der Waals surface area contributed by atoms with Crippen LogP contribution in [0.2, 0.25) is 5.02 Å². The first kappa shape index (κ1) is 14.4. The third kappa shape index (κ3) is 4.90. The van der Waals surface area contributed by atoms with Crippen LogP contribution in [0, 0.1) is 0 Å². The summed E-state index contributed by atoms with van der Waals surface area (Å²) in [6.07, 6.45) is 2.03. The molecule has 0 spiro atoms. The third-order valence-electron chi connectivity index (χ3n) is 2.94. The maximum atomic E-state index is 6.16. The SMILES string of the molecule is NC(CCc1ccccc1)CSc1ccccc1Cl. The van der Waals surface area contributed by atoms with Gasteiger partial charge in [-0.15, -0.1) is 11.8 Å². The molecule has 2 N–H and O–H groups in total. The van der Waals surface area contributed by atoms with Crippen LogP contribution in [0.1, 0.15) is 12.0 Å². The van der Waals surface area contributed by atoms with Crippen molar-refractivity contribution in [1.29, 1.82) is 0 Å². The monoisotopic (exact) mass is 291 g/mol. The number of benzene rings is 2. The number of aryl methyl sites for hydroxylation is 1. The highest BCUT2D eigenvalue weighted by Crippen LogP contribution is 2.27. The Labute approximate surface area is 124 Å². The zero-order valence-corrected chi connectivity index (χ0v) is 12.3. The average Bonchev–Trinajstić information content (AvgIpc) is 2.45. The Kier molecular flexibility index (Phi) is 5.77. The molecule has 0 aromatic heterocycles. The molecule has 1 unspecified atom stereocenters. The van der Waals surface area contributed by atoms with Crippen molar-refractivity contribution < 1.29 is 0 Å². The summed E-state index contributed by atoms with van der Waals surface area (Å²) in [4.78, 5) is 1.11. The Bertz CT molecular complexity index is 501. The van der Waals surface area contributed by atoms with Crippen LogP contribution in [0.15, 0.2) is 59.5 Å². The van der Waals surface area contributed by atoms with Crippen LogP contribution in [0.4, 0.5) is 0 Å². The van der Waals surface area contributed by atoms with Crippen LogP contribution >= 0.6 is 23.4 Å². The highest BCUT2D eigenvalue weighted by Gasteiger charge is 2.06. The molecule has 100 valence electrons. The summed E-state index contributed by atoms with van der Waals surface area (Å²) in [6, 6.07) is 18.6. The number of thioether (sulfide) groups is 1. The van der Waals surface area contributed by atoms with Crippen molar-refractivity contribution in [2.24, 2.45) is 5.73 Å². The van der Waals surface area contributed by atoms with Crippen molar-refractivity contribution in [3.63, 3.8) is 0 Å². The van der Waals surface area contributed by atoms with Crippen LogP contribution < -0.4 is 5.73 Å². The highest BCUT2D eigenvalue weighted by atomic mass is 35.5. The zero-order chi connectivity index (χ0) is 13.5. The fourth-order valence-corrected chi connectivity index (χ4v) is 3.08. The average molecular weight is 292 g/mol. The number of rotatable bonds is 6. The lowest BCUT2D eigenvalue weighted by atomic mass is 10.1. The Balaban J connectivity index is 1.76. The van der Waals surface area contributed by atoms with Gasteiger partial charge in [-0.1, -0.05) is 54.1 Å². The molecule has 0 bridgehead atoms. The molecule has 1 nitrogen and oxygen atoms in total. The van der Waals surface area contributed by atoms with Crippen LogP contribution in [0.3, 0.4) is 0 Å². The first-order valence-electron chi connectivity index (χ1n) is 6.42. The fraction of sp³-hybridized carbons (Fsp3) is 0.250. The molecule has 1 atom stereocenters. The summed E-state index contributed by atoms with van der Waals surface area (Å²) in [7, 11) is 0. The van der Waals surface area contributed by atoms with Gasteiger partial charge in [0.2, 0.25) is 0 Å². The Morgan fingerprint density at radius 3 is 2.42 bits per heavy atom. The molecule has 0 radical (unpaired) electrons. The van der Waals surface area contributed by atoms with Gasteiger partial charge in [0.25, 0.3) is 0 Å². The van der Waals surface area contributed by atoms with Gasteiger partial charge in [-0.2, -0.15) is 0 Å². The predicted octanol–water partition coefficient (Wildman–Crippen LogP) is 4.39. The van der Waals surface area contributed by atoms with Gasteiger partial charge in [-0.25, -0.2) is 0 Å². The smallest absolute Gasteiger partial charge is 0.0541 e. The summed E-state index contributed by atoms with van der Waals surface area (Å²) in [5, 5.41) is 0.808. The second kappa shape index (κ2) is 7.59. The normalized spacial score (nSPS) is 12.3. The number of halogens is 1. The van der Waals surface area contributed by atoms with Gasteiger partial charge < -0.3 is 5.73 Å². The van der Waals surface area contributed by atoms with Crippen molar-refractivity contribution in [3.05, 3.63) is 65.2 Å². The van der Waals surface area contributed by atoms with E-state index in [9.17, 15) is 0 Å². The van der Waals surface area contributed by atoms with E-state index >= 15 is 0 Å². The van der Waals surface area contributed by atoms with E-state index in [-0.39, 0.29) is 6.04 Å². The molecular formula is C16H18ClNS. The third-order valence-corrected chi connectivity index (χ3v) is 4.64. The molecule has 0 aliphatic carbocycles. The number of hydrogen-bond acceptors (Lipinski definition) is 2. The Morgan fingerprint density at radius 1 is 1.00 bits per heavy atom. The minimum Gasteiger partial charge on any atom is -0.327 e. The van der Waals surface area contributed by atoms with Crippen LogP contribution in [-0.4, -0.2) is 11.8 Å². The van der Waals surface area contributed by atoms with Crippen molar-refractivity contribution in [3.8, 4) is 0 Å². The molecule has 0 aliphatic heterocycles. The standard InChI is InChI=1S/C16H18ClNS/c17-15-8-4-5-9-16(15)19-12-14(18)11-10-13-6-2-1-3-7-13/h1-9,14H,10-12,18H2. The van der Waals surface area contributed by atoms with E-state index in [0.29, 0.717) is 0 Å². The van der Waals surface area contributed by atoms with E-state index in [1.54, 1.807) is 11.8 Å². The second-order valence-electron chi connectivity index (χ2n) is 4.53. The lowest BCUT2D eigenvalue weighted by Gasteiger charge is -2.11. The van der Waals surface area contributed by atoms with E-state index in [0.717, 1.165) is 28.5 Å². The van der Waals surface area contributed by atoms with Gasteiger partial charge in [-0.3, -0.25) is 0 Å². The van der Waals surface area contributed by atoms with Crippen molar-refractivity contribution >= 4 is 23.4 Å². The largest absolute Gasteiger partial charge is 0.327 e. The quantitative estimate of drug-likeness (QED) is 0.799. The molecule has 2 aromatic carbocycles. The molecule has 2 rings (SSSR count). The minimum absolute atomic E-state index is 0.196. The van der Waals surface area contributed by atoms with Gasteiger partial charge in [0.15, 0.2) is 0 Å². The second-order valence-corrected chi connectivity index (χ2v) is 5.99. The molecule has 0 heterocycles. The molecule has 0 saturated heterocycles. The maximum absolute atomic E-state index is 6.16. The van der Waals surface area contributed by atoms with Crippen molar-refractivity contribution in [2.45, 2.75) is 23.8 Å². The van der Waals surface area contributed by atoms with Crippen LogP contribution in [0.25, 0.3) is 0 Å². The number of hydrogen-bond donors (Lipinski definition) is 1. The van der Waals surface area contributed by atoms with Gasteiger partial charge in [0.1, 0.15) is 0 Å². The van der Waals surface area contributed by atoms with Crippen molar-refractivity contribution in [2.75, 3.05) is 5.75 Å². The summed E-state index contributed by atoms with van der Waals surface area (Å²) >= 11 is 7.85. The summed E-state index contributed by atoms with van der Waals surface area (Å²) in [5.41, 5.74) is 7.50. The van der Waals surface area contributed by atoms with Crippen molar-refractivity contribution in [1.82, 2.24) is 0 Å². The van der Waals surface area contributed by atoms with Crippen LogP contribution in [-0.2, 0) is 6.42 Å². The predicted molar refractivity (Wildman–Crippen MR) is 84.9 cm³/mol. The molecule has 19 heavy (non-hydrogen) atoms. The number of nitrogens with two attached hydrogens (primary N) is 1. The summed E-state index contributed by atoms with van der Waals surface area (Å²) in [6.45, 7) is 0. The molecule has 0 fully saturated rings. The van der Waals surface area contributed by atoms with E-state index in [1.807, 2.05) is 30.3 Å². The van der Waals surface area contributed by atoms with Gasteiger partial charge in [0.05, 0.1) is 5.02 Å². The fourth-order valence-electron chi connectivity index (χ4n) is 1.84. The molecular weight excluding hydrogens is 274 g/mol. The lowest BCUT2D eigenvalue weighted by molar-refractivity contribution is 0.674. The molecule has 3 heteroatoms. The lowest BCUT2D eigenvalue weighted by Crippen LogP contribution is -2.23. The van der Waals surface area contributed by atoms with E-state index in [2.05, 4.69) is 24.3 Å². The first-order valence-corrected chi connectivity index (χ1v) is 7.79. The highest BCUT2D eigenvalue weighted by molar-refractivity contribution is 7.99. The van der Waals surface area contributed by atoms with Gasteiger partial charge in [-0.05, 0) is 30.5 Å². The molecule has 0 saturated carbocycles.